The molecule has 0 spiro atoms. The van der Waals surface area contributed by atoms with E-state index in [4.69, 9.17) is 16.3 Å². The number of piperazine rings is 1. The molecular formula is C15H19ClN4OS. The van der Waals surface area contributed by atoms with Gasteiger partial charge in [0.05, 0.1) is 0 Å². The summed E-state index contributed by atoms with van der Waals surface area (Å²) in [5.41, 5.74) is 1.26. The fourth-order valence-electron chi connectivity index (χ4n) is 2.55. The summed E-state index contributed by atoms with van der Waals surface area (Å²) in [6.45, 7) is 5.41. The Bertz CT molecular complexity index is 613. The Morgan fingerprint density at radius 1 is 1.27 bits per heavy atom. The Balaban J connectivity index is 1.53. The van der Waals surface area contributed by atoms with Crippen LogP contribution in [0.3, 0.4) is 0 Å². The number of nitrogens with zero attached hydrogens (tertiary/aromatic N) is 4. The SMILES string of the molecule is COCc1nsc(N2CCN(Cc3cccc(Cl)c3)CC2)n1. The monoisotopic (exact) mass is 338 g/mol. The van der Waals surface area contributed by atoms with E-state index in [1.54, 1.807) is 7.11 Å². The van der Waals surface area contributed by atoms with Crippen molar-refractivity contribution in [3.63, 3.8) is 0 Å². The molecule has 0 amide bonds. The molecule has 2 aromatic rings. The van der Waals surface area contributed by atoms with Gasteiger partial charge in [-0.3, -0.25) is 4.90 Å². The quantitative estimate of drug-likeness (QED) is 0.838. The summed E-state index contributed by atoms with van der Waals surface area (Å²) >= 11 is 7.49. The molecule has 3 rings (SSSR count). The maximum absolute atomic E-state index is 6.04. The lowest BCUT2D eigenvalue weighted by Crippen LogP contribution is -2.45. The number of rotatable bonds is 5. The molecule has 1 saturated heterocycles. The van der Waals surface area contributed by atoms with Crippen molar-refractivity contribution in [2.75, 3.05) is 38.2 Å². The number of aromatic nitrogens is 2. The third-order valence-corrected chi connectivity index (χ3v) is 4.72. The third-order valence-electron chi connectivity index (χ3n) is 3.67. The maximum Gasteiger partial charge on any atom is 0.205 e. The molecule has 0 aliphatic carbocycles. The number of ether oxygens (including phenoxy) is 1. The van der Waals surface area contributed by atoms with E-state index in [9.17, 15) is 0 Å². The van der Waals surface area contributed by atoms with Crippen LogP contribution in [0.25, 0.3) is 0 Å². The number of methoxy groups -OCH3 is 1. The average Bonchev–Trinajstić information content (AvgIpc) is 2.97. The van der Waals surface area contributed by atoms with E-state index in [0.29, 0.717) is 6.61 Å². The highest BCUT2D eigenvalue weighted by Gasteiger charge is 2.20. The van der Waals surface area contributed by atoms with Gasteiger partial charge in [-0.15, -0.1) is 0 Å². The van der Waals surface area contributed by atoms with Crippen LogP contribution in [0.5, 0.6) is 0 Å². The van der Waals surface area contributed by atoms with Crippen LogP contribution in [0.4, 0.5) is 5.13 Å². The van der Waals surface area contributed by atoms with E-state index in [1.807, 2.05) is 18.2 Å². The van der Waals surface area contributed by atoms with E-state index in [0.717, 1.165) is 48.7 Å². The van der Waals surface area contributed by atoms with Crippen molar-refractivity contribution in [2.45, 2.75) is 13.2 Å². The largest absolute Gasteiger partial charge is 0.377 e. The van der Waals surface area contributed by atoms with Crippen LogP contribution < -0.4 is 4.90 Å². The molecule has 118 valence electrons. The van der Waals surface area contributed by atoms with Crippen LogP contribution in [0.1, 0.15) is 11.4 Å². The lowest BCUT2D eigenvalue weighted by atomic mass is 10.2. The lowest BCUT2D eigenvalue weighted by Gasteiger charge is -2.34. The molecule has 1 aromatic heterocycles. The van der Waals surface area contributed by atoms with Gasteiger partial charge in [-0.1, -0.05) is 23.7 Å². The van der Waals surface area contributed by atoms with Gasteiger partial charge < -0.3 is 9.64 Å². The van der Waals surface area contributed by atoms with Crippen molar-refractivity contribution in [1.29, 1.82) is 0 Å². The van der Waals surface area contributed by atoms with Gasteiger partial charge in [0.2, 0.25) is 5.13 Å². The van der Waals surface area contributed by atoms with Crippen molar-refractivity contribution in [3.05, 3.63) is 40.7 Å². The molecule has 5 nitrogen and oxygen atoms in total. The van der Waals surface area contributed by atoms with Gasteiger partial charge in [-0.2, -0.15) is 4.37 Å². The summed E-state index contributed by atoms with van der Waals surface area (Å²) in [6.07, 6.45) is 0. The molecule has 0 unspecified atom stereocenters. The number of halogens is 1. The molecule has 22 heavy (non-hydrogen) atoms. The minimum absolute atomic E-state index is 0.477. The highest BCUT2D eigenvalue weighted by molar-refractivity contribution is 7.09. The highest BCUT2D eigenvalue weighted by Crippen LogP contribution is 2.20. The Hall–Kier alpha value is -1.21. The Morgan fingerprint density at radius 3 is 2.82 bits per heavy atom. The molecule has 0 atom stereocenters. The number of hydrogen-bond donors (Lipinski definition) is 0. The summed E-state index contributed by atoms with van der Waals surface area (Å²) in [4.78, 5) is 9.26. The van der Waals surface area contributed by atoms with Crippen LogP contribution in [0.2, 0.25) is 5.02 Å². The minimum Gasteiger partial charge on any atom is -0.377 e. The van der Waals surface area contributed by atoms with Gasteiger partial charge in [0.15, 0.2) is 5.82 Å². The van der Waals surface area contributed by atoms with Crippen molar-refractivity contribution in [2.24, 2.45) is 0 Å². The molecule has 0 radical (unpaired) electrons. The molecule has 1 aromatic carbocycles. The minimum atomic E-state index is 0.477. The molecular weight excluding hydrogens is 320 g/mol. The Morgan fingerprint density at radius 2 is 2.09 bits per heavy atom. The Labute approximate surface area is 139 Å². The molecule has 0 saturated carbocycles. The molecule has 0 N–H and O–H groups in total. The summed E-state index contributed by atoms with van der Waals surface area (Å²) < 4.78 is 9.38. The summed E-state index contributed by atoms with van der Waals surface area (Å²) in [5.74, 6) is 0.767. The number of anilines is 1. The van der Waals surface area contributed by atoms with Crippen molar-refractivity contribution >= 4 is 28.3 Å². The summed E-state index contributed by atoms with van der Waals surface area (Å²) in [6, 6.07) is 8.08. The van der Waals surface area contributed by atoms with Gasteiger partial charge in [0.1, 0.15) is 6.61 Å². The predicted molar refractivity (Wildman–Crippen MR) is 89.6 cm³/mol. The molecule has 1 aliphatic rings. The fraction of sp³-hybridized carbons (Fsp3) is 0.467. The maximum atomic E-state index is 6.04. The van der Waals surface area contributed by atoms with Crippen LogP contribution in [-0.4, -0.2) is 47.5 Å². The van der Waals surface area contributed by atoms with E-state index in [1.165, 1.54) is 17.1 Å². The summed E-state index contributed by atoms with van der Waals surface area (Å²) in [5, 5.41) is 1.80. The fourth-order valence-corrected chi connectivity index (χ4v) is 3.49. The standard InChI is InChI=1S/C15H19ClN4OS/c1-21-11-14-17-15(22-18-14)20-7-5-19(6-8-20)10-12-3-2-4-13(16)9-12/h2-4,9H,5-8,10-11H2,1H3. The zero-order chi connectivity index (χ0) is 15.4. The van der Waals surface area contributed by atoms with E-state index in [2.05, 4.69) is 25.2 Å². The second-order valence-corrected chi connectivity index (χ2v) is 6.49. The second-order valence-electron chi connectivity index (χ2n) is 5.32. The molecule has 7 heteroatoms. The van der Waals surface area contributed by atoms with Crippen LogP contribution in [-0.2, 0) is 17.9 Å². The van der Waals surface area contributed by atoms with Crippen molar-refractivity contribution < 1.29 is 4.74 Å². The van der Waals surface area contributed by atoms with Gasteiger partial charge in [0, 0.05) is 56.4 Å². The third kappa shape index (κ3) is 3.95. The highest BCUT2D eigenvalue weighted by atomic mass is 35.5. The topological polar surface area (TPSA) is 41.5 Å². The average molecular weight is 339 g/mol. The van der Waals surface area contributed by atoms with E-state index >= 15 is 0 Å². The molecule has 1 aliphatic heterocycles. The van der Waals surface area contributed by atoms with Crippen LogP contribution in [0.15, 0.2) is 24.3 Å². The van der Waals surface area contributed by atoms with E-state index < -0.39 is 0 Å². The number of hydrogen-bond acceptors (Lipinski definition) is 6. The van der Waals surface area contributed by atoms with Crippen LogP contribution in [0, 0.1) is 0 Å². The van der Waals surface area contributed by atoms with Crippen molar-refractivity contribution in [3.8, 4) is 0 Å². The van der Waals surface area contributed by atoms with Gasteiger partial charge >= 0.3 is 0 Å². The zero-order valence-corrected chi connectivity index (χ0v) is 14.1. The smallest absolute Gasteiger partial charge is 0.205 e. The second kappa shape index (κ2) is 7.37. The first-order valence-electron chi connectivity index (χ1n) is 7.28. The van der Waals surface area contributed by atoms with E-state index in [-0.39, 0.29) is 0 Å². The van der Waals surface area contributed by atoms with Crippen LogP contribution >= 0.6 is 23.1 Å². The van der Waals surface area contributed by atoms with Gasteiger partial charge in [0.25, 0.3) is 0 Å². The Kier molecular flexibility index (Phi) is 5.25. The van der Waals surface area contributed by atoms with Gasteiger partial charge in [-0.25, -0.2) is 4.98 Å². The zero-order valence-electron chi connectivity index (χ0n) is 12.5. The lowest BCUT2D eigenvalue weighted by molar-refractivity contribution is 0.179. The number of benzene rings is 1. The predicted octanol–water partition coefficient (Wildman–Crippen LogP) is 2.66. The summed E-state index contributed by atoms with van der Waals surface area (Å²) in [7, 11) is 1.66. The first kappa shape index (κ1) is 15.7. The molecule has 2 heterocycles. The van der Waals surface area contributed by atoms with Gasteiger partial charge in [-0.05, 0) is 17.7 Å². The first-order chi connectivity index (χ1) is 10.7. The van der Waals surface area contributed by atoms with Crippen molar-refractivity contribution in [1.82, 2.24) is 14.3 Å². The first-order valence-corrected chi connectivity index (χ1v) is 8.43. The molecule has 1 fully saturated rings. The molecule has 0 bridgehead atoms. The normalized spacial score (nSPS) is 16.2.